The topological polar surface area (TPSA) is 108 Å². The summed E-state index contributed by atoms with van der Waals surface area (Å²) >= 11 is 0. The van der Waals surface area contributed by atoms with Crippen LogP contribution in [0.3, 0.4) is 0 Å². The van der Waals surface area contributed by atoms with Crippen molar-refractivity contribution in [1.82, 2.24) is 10.6 Å². The summed E-state index contributed by atoms with van der Waals surface area (Å²) < 4.78 is 5.48. The number of hydrogen-bond acceptors (Lipinski definition) is 5. The van der Waals surface area contributed by atoms with E-state index in [0.717, 1.165) is 27.8 Å². The van der Waals surface area contributed by atoms with Crippen molar-refractivity contribution in [3.63, 3.8) is 0 Å². The first-order valence-corrected chi connectivity index (χ1v) is 14.3. The minimum absolute atomic E-state index is 0.109. The van der Waals surface area contributed by atoms with Crippen molar-refractivity contribution in [3.05, 3.63) is 107 Å². The third-order valence-corrected chi connectivity index (χ3v) is 7.47. The van der Waals surface area contributed by atoms with Crippen LogP contribution in [0.25, 0.3) is 0 Å². The van der Waals surface area contributed by atoms with Crippen molar-refractivity contribution in [1.29, 1.82) is 0 Å². The first kappa shape index (κ1) is 30.3. The summed E-state index contributed by atoms with van der Waals surface area (Å²) in [5.74, 6) is -0.854. The number of carbonyl (C=O) groups excluding carboxylic acids is 2. The fourth-order valence-electron chi connectivity index (χ4n) is 5.38. The molecule has 41 heavy (non-hydrogen) atoms. The molecule has 0 saturated heterocycles. The summed E-state index contributed by atoms with van der Waals surface area (Å²) in [5, 5.41) is 28.2. The molecule has 0 spiro atoms. The zero-order chi connectivity index (χ0) is 29.6. The quantitative estimate of drug-likeness (QED) is 0.286. The van der Waals surface area contributed by atoms with Crippen LogP contribution in [-0.2, 0) is 28.8 Å². The number of carbonyl (C=O) groups is 2. The number of aliphatic hydroxyl groups excluding tert-OH is 2. The van der Waals surface area contributed by atoms with Crippen LogP contribution in [-0.4, -0.2) is 46.1 Å². The number of amides is 2. The number of alkyl carbamates (subject to hydrolysis) is 1. The molecule has 0 radical (unpaired) electrons. The van der Waals surface area contributed by atoms with Gasteiger partial charge in [0, 0.05) is 12.3 Å². The number of rotatable bonds is 10. The first-order valence-electron chi connectivity index (χ1n) is 14.3. The lowest BCUT2D eigenvalue weighted by Gasteiger charge is -2.29. The molecule has 7 heteroatoms. The number of hydrogen-bond donors (Lipinski definition) is 4. The highest BCUT2D eigenvalue weighted by Crippen LogP contribution is 2.32. The third-order valence-electron chi connectivity index (χ3n) is 7.47. The number of benzene rings is 3. The second kappa shape index (κ2) is 13.3. The van der Waals surface area contributed by atoms with E-state index in [2.05, 4.69) is 10.6 Å². The van der Waals surface area contributed by atoms with Gasteiger partial charge in [0.25, 0.3) is 0 Å². The number of aliphatic hydroxyl groups is 2. The predicted octanol–water partition coefficient (Wildman–Crippen LogP) is 4.82. The Balaban J connectivity index is 1.56. The molecule has 3 aromatic carbocycles. The van der Waals surface area contributed by atoms with Crippen LogP contribution >= 0.6 is 0 Å². The highest BCUT2D eigenvalue weighted by Gasteiger charge is 2.35. The fourth-order valence-corrected chi connectivity index (χ4v) is 5.38. The third kappa shape index (κ3) is 8.65. The number of aryl methyl sites for hydroxylation is 1. The van der Waals surface area contributed by atoms with Crippen LogP contribution in [0.5, 0.6) is 0 Å². The van der Waals surface area contributed by atoms with E-state index in [1.807, 2.05) is 85.8 Å². The highest BCUT2D eigenvalue weighted by atomic mass is 16.6. The van der Waals surface area contributed by atoms with E-state index in [9.17, 15) is 19.8 Å². The monoisotopic (exact) mass is 558 g/mol. The van der Waals surface area contributed by atoms with Gasteiger partial charge in [0.2, 0.25) is 5.91 Å². The molecule has 1 aliphatic rings. The lowest BCUT2D eigenvalue weighted by Crippen LogP contribution is -2.48. The maximum atomic E-state index is 13.8. The smallest absolute Gasteiger partial charge is 0.407 e. The molecule has 0 bridgehead atoms. The molecule has 4 N–H and O–H groups in total. The van der Waals surface area contributed by atoms with Gasteiger partial charge < -0.3 is 25.6 Å². The van der Waals surface area contributed by atoms with Gasteiger partial charge in [-0.1, -0.05) is 84.4 Å². The van der Waals surface area contributed by atoms with E-state index in [4.69, 9.17) is 4.74 Å². The summed E-state index contributed by atoms with van der Waals surface area (Å²) in [7, 11) is 0. The van der Waals surface area contributed by atoms with Gasteiger partial charge in [-0.3, -0.25) is 4.79 Å². The summed E-state index contributed by atoms with van der Waals surface area (Å²) in [4.78, 5) is 26.5. The van der Waals surface area contributed by atoms with E-state index >= 15 is 0 Å². The minimum Gasteiger partial charge on any atom is -0.444 e. The summed E-state index contributed by atoms with van der Waals surface area (Å²) in [5.41, 5.74) is 4.26. The van der Waals surface area contributed by atoms with Crippen molar-refractivity contribution in [2.45, 2.75) is 83.3 Å². The van der Waals surface area contributed by atoms with Crippen LogP contribution in [0.4, 0.5) is 4.79 Å². The molecule has 3 aromatic rings. The Labute approximate surface area is 243 Å². The molecular weight excluding hydrogens is 516 g/mol. The van der Waals surface area contributed by atoms with Gasteiger partial charge in [-0.2, -0.15) is 0 Å². The lowest BCUT2D eigenvalue weighted by atomic mass is 9.88. The van der Waals surface area contributed by atoms with Gasteiger partial charge in [0.1, 0.15) is 5.60 Å². The van der Waals surface area contributed by atoms with Crippen molar-refractivity contribution < 1.29 is 24.5 Å². The summed E-state index contributed by atoms with van der Waals surface area (Å²) in [6.45, 7) is 7.36. The second-order valence-electron chi connectivity index (χ2n) is 12.1. The molecule has 0 saturated carbocycles. The van der Waals surface area contributed by atoms with E-state index in [0.29, 0.717) is 19.3 Å². The summed E-state index contributed by atoms with van der Waals surface area (Å²) in [6.07, 6.45) is -1.02. The molecule has 1 unspecified atom stereocenters. The SMILES string of the molecule is Cc1ccc(C[C@H](C[C@H](O)[C@H](Cc2ccccc2)NC(=O)OC(C)(C)C)C(=O)NC2c3ccccc3C[C@@H]2O)cc1. The molecule has 0 fully saturated rings. The van der Waals surface area contributed by atoms with Gasteiger partial charge >= 0.3 is 6.09 Å². The average molecular weight is 559 g/mol. The van der Waals surface area contributed by atoms with E-state index < -0.39 is 41.9 Å². The first-order chi connectivity index (χ1) is 19.5. The van der Waals surface area contributed by atoms with Gasteiger partial charge in [-0.05, 0) is 69.2 Å². The Bertz CT molecular complexity index is 1300. The van der Waals surface area contributed by atoms with E-state index in [-0.39, 0.29) is 12.3 Å². The van der Waals surface area contributed by atoms with E-state index in [1.54, 1.807) is 20.8 Å². The Morgan fingerprint density at radius 3 is 2.24 bits per heavy atom. The van der Waals surface area contributed by atoms with Crippen LogP contribution in [0.1, 0.15) is 61.1 Å². The molecule has 7 nitrogen and oxygen atoms in total. The fraction of sp³-hybridized carbons (Fsp3) is 0.412. The predicted molar refractivity (Wildman–Crippen MR) is 159 cm³/mol. The summed E-state index contributed by atoms with van der Waals surface area (Å²) in [6, 6.07) is 24.1. The number of fused-ring (bicyclic) bond motifs is 1. The van der Waals surface area contributed by atoms with Crippen molar-refractivity contribution in [3.8, 4) is 0 Å². The average Bonchev–Trinajstić information content (AvgIpc) is 3.23. The molecule has 1 aliphatic carbocycles. The molecule has 5 atom stereocenters. The van der Waals surface area contributed by atoms with Crippen LogP contribution < -0.4 is 10.6 Å². The Morgan fingerprint density at radius 1 is 0.927 bits per heavy atom. The molecule has 4 rings (SSSR count). The second-order valence-corrected chi connectivity index (χ2v) is 12.1. The van der Waals surface area contributed by atoms with Gasteiger partial charge in [0.15, 0.2) is 0 Å². The zero-order valence-electron chi connectivity index (χ0n) is 24.3. The Hall–Kier alpha value is -3.68. The molecule has 2 amide bonds. The highest BCUT2D eigenvalue weighted by molar-refractivity contribution is 5.80. The van der Waals surface area contributed by atoms with Crippen molar-refractivity contribution in [2.75, 3.05) is 0 Å². The van der Waals surface area contributed by atoms with Crippen molar-refractivity contribution in [2.24, 2.45) is 5.92 Å². The van der Waals surface area contributed by atoms with Gasteiger partial charge in [-0.15, -0.1) is 0 Å². The molecule has 0 aromatic heterocycles. The number of nitrogens with one attached hydrogen (secondary N) is 2. The van der Waals surface area contributed by atoms with Crippen LogP contribution in [0.15, 0.2) is 78.9 Å². The molecular formula is C34H42N2O5. The number of ether oxygens (including phenoxy) is 1. The maximum Gasteiger partial charge on any atom is 0.407 e. The standard InChI is InChI=1S/C34H42N2O5/c1-22-14-16-24(17-15-22)18-26(32(39)36-31-27-13-9-8-12-25(27)20-30(31)38)21-29(37)28(19-23-10-6-5-7-11-23)35-33(40)41-34(2,3)4/h5-17,26,28-31,37-38H,18-21H2,1-4H3,(H,35,40)(H,36,39)/t26-,28+,29+,30+,31?/m1/s1. The molecule has 0 heterocycles. The maximum absolute atomic E-state index is 13.8. The van der Waals surface area contributed by atoms with Gasteiger partial charge in [0.05, 0.1) is 24.3 Å². The van der Waals surface area contributed by atoms with Crippen LogP contribution in [0, 0.1) is 12.8 Å². The lowest BCUT2D eigenvalue weighted by molar-refractivity contribution is -0.127. The Kier molecular flexibility index (Phi) is 9.84. The van der Waals surface area contributed by atoms with Crippen LogP contribution in [0.2, 0.25) is 0 Å². The van der Waals surface area contributed by atoms with E-state index in [1.165, 1.54) is 0 Å². The Morgan fingerprint density at radius 2 is 1.56 bits per heavy atom. The zero-order valence-corrected chi connectivity index (χ0v) is 24.3. The largest absolute Gasteiger partial charge is 0.444 e. The van der Waals surface area contributed by atoms with Crippen molar-refractivity contribution >= 4 is 12.0 Å². The molecule has 218 valence electrons. The normalized spacial score (nSPS) is 18.6. The molecule has 0 aliphatic heterocycles. The van der Waals surface area contributed by atoms with Gasteiger partial charge in [-0.25, -0.2) is 4.79 Å². The minimum atomic E-state index is -1.04.